The summed E-state index contributed by atoms with van der Waals surface area (Å²) in [6.07, 6.45) is 1.75. The minimum Gasteiger partial charge on any atom is -0.301 e. The third kappa shape index (κ3) is 2.69. The molecule has 0 N–H and O–H groups in total. The third-order valence-corrected chi connectivity index (χ3v) is 7.58. The van der Waals surface area contributed by atoms with Gasteiger partial charge in [0.05, 0.1) is 16.6 Å². The summed E-state index contributed by atoms with van der Waals surface area (Å²) in [6, 6.07) is 32.3. The molecule has 1 aliphatic carbocycles. The van der Waals surface area contributed by atoms with Crippen LogP contribution in [0.4, 0.5) is 0 Å². The van der Waals surface area contributed by atoms with Gasteiger partial charge in [0, 0.05) is 26.8 Å². The third-order valence-electron chi connectivity index (χ3n) is 6.56. The molecule has 6 aromatic rings. The molecule has 7 rings (SSSR count). The highest BCUT2D eigenvalue weighted by Gasteiger charge is 2.33. The largest absolute Gasteiger partial charge is 0.301 e. The van der Waals surface area contributed by atoms with Crippen LogP contribution in [0, 0.1) is 0 Å². The first-order valence-corrected chi connectivity index (χ1v) is 11.9. The average molecular weight is 456 g/mol. The molecular formula is C30H17NO2S. The van der Waals surface area contributed by atoms with Crippen LogP contribution in [0.15, 0.2) is 103 Å². The maximum atomic E-state index is 13.2. The van der Waals surface area contributed by atoms with Crippen molar-refractivity contribution >= 4 is 61.6 Å². The van der Waals surface area contributed by atoms with Crippen molar-refractivity contribution < 1.29 is 9.59 Å². The number of benzene rings is 4. The Morgan fingerprint density at radius 3 is 1.74 bits per heavy atom. The van der Waals surface area contributed by atoms with E-state index in [9.17, 15) is 9.59 Å². The summed E-state index contributed by atoms with van der Waals surface area (Å²) in [5.74, 6) is -0.393. The van der Waals surface area contributed by atoms with Gasteiger partial charge in [-0.15, -0.1) is 11.3 Å². The van der Waals surface area contributed by atoms with Crippen LogP contribution >= 0.6 is 11.3 Å². The van der Waals surface area contributed by atoms with Gasteiger partial charge < -0.3 is 4.57 Å². The molecule has 0 fully saturated rings. The molecule has 1 aliphatic rings. The number of Topliss-reactive ketones (excluding diaryl/α,β-unsaturated/α-hetero) is 2. The van der Waals surface area contributed by atoms with Crippen molar-refractivity contribution in [1.82, 2.24) is 4.57 Å². The van der Waals surface area contributed by atoms with Gasteiger partial charge in [-0.25, -0.2) is 0 Å². The van der Waals surface area contributed by atoms with E-state index in [0.717, 1.165) is 31.7 Å². The van der Waals surface area contributed by atoms with E-state index in [2.05, 4.69) is 47.0 Å². The lowest BCUT2D eigenvalue weighted by Crippen LogP contribution is -1.99. The Balaban J connectivity index is 1.34. The molecule has 160 valence electrons. The highest BCUT2D eigenvalue weighted by Crippen LogP contribution is 2.36. The van der Waals surface area contributed by atoms with Crippen molar-refractivity contribution in [2.24, 2.45) is 0 Å². The van der Waals surface area contributed by atoms with Crippen molar-refractivity contribution in [1.29, 1.82) is 0 Å². The normalized spacial score (nSPS) is 13.4. The van der Waals surface area contributed by atoms with Crippen LogP contribution in [0.3, 0.4) is 0 Å². The van der Waals surface area contributed by atoms with Crippen LogP contribution in [0.5, 0.6) is 0 Å². The highest BCUT2D eigenvalue weighted by atomic mass is 32.1. The SMILES string of the molecule is O=C1C(=Cc2ccc(-n3c4ccccc4c4ccccc43)s2)C(=O)c2cc3ccccc3cc21. The summed E-state index contributed by atoms with van der Waals surface area (Å²) in [5.41, 5.74) is 3.50. The summed E-state index contributed by atoms with van der Waals surface area (Å²) in [5, 5.41) is 5.39. The molecule has 2 heterocycles. The van der Waals surface area contributed by atoms with E-state index >= 15 is 0 Å². The second-order valence-electron chi connectivity index (χ2n) is 8.51. The minimum absolute atomic E-state index is 0.197. The molecular weight excluding hydrogens is 438 g/mol. The fraction of sp³-hybridized carbons (Fsp3) is 0. The smallest absolute Gasteiger partial charge is 0.197 e. The fourth-order valence-electron chi connectivity index (χ4n) is 4.98. The number of nitrogens with zero attached hydrogens (tertiary/aromatic N) is 1. The van der Waals surface area contributed by atoms with Crippen LogP contribution < -0.4 is 0 Å². The lowest BCUT2D eigenvalue weighted by Gasteiger charge is -2.03. The summed E-state index contributed by atoms with van der Waals surface area (Å²) >= 11 is 1.58. The van der Waals surface area contributed by atoms with Gasteiger partial charge in [0.2, 0.25) is 0 Å². The number of carbonyl (C=O) groups is 2. The Hall–Kier alpha value is -4.28. The number of rotatable bonds is 2. The molecule has 4 aromatic carbocycles. The van der Waals surface area contributed by atoms with Crippen LogP contribution in [-0.4, -0.2) is 16.1 Å². The van der Waals surface area contributed by atoms with E-state index in [4.69, 9.17) is 0 Å². The van der Waals surface area contributed by atoms with Crippen molar-refractivity contribution in [2.45, 2.75) is 0 Å². The number of ketones is 2. The van der Waals surface area contributed by atoms with Gasteiger partial charge in [-0.3, -0.25) is 9.59 Å². The van der Waals surface area contributed by atoms with Crippen LogP contribution in [0.2, 0.25) is 0 Å². The van der Waals surface area contributed by atoms with Crippen molar-refractivity contribution in [3.05, 3.63) is 119 Å². The molecule has 0 spiro atoms. The topological polar surface area (TPSA) is 39.1 Å². The van der Waals surface area contributed by atoms with E-state index in [1.165, 1.54) is 10.8 Å². The first kappa shape index (κ1) is 19.2. The first-order chi connectivity index (χ1) is 16.7. The average Bonchev–Trinajstić information content (AvgIpc) is 3.53. The standard InChI is InChI=1S/C30H17NO2S/c32-29-23-15-18-7-1-2-8-19(18)16-24(23)30(33)25(29)17-20-13-14-28(34-20)31-26-11-5-3-9-21(26)22-10-4-6-12-27(22)31/h1-17H. The quantitative estimate of drug-likeness (QED) is 0.201. The predicted molar refractivity (Wildman–Crippen MR) is 139 cm³/mol. The Morgan fingerprint density at radius 1 is 0.618 bits per heavy atom. The molecule has 0 radical (unpaired) electrons. The van der Waals surface area contributed by atoms with Gasteiger partial charge in [-0.2, -0.15) is 0 Å². The zero-order valence-electron chi connectivity index (χ0n) is 18.0. The Morgan fingerprint density at radius 2 is 1.15 bits per heavy atom. The molecule has 0 bridgehead atoms. The van der Waals surface area contributed by atoms with Crippen molar-refractivity contribution in [2.75, 3.05) is 0 Å². The molecule has 4 heteroatoms. The van der Waals surface area contributed by atoms with Gasteiger partial charge in [-0.1, -0.05) is 60.7 Å². The lowest BCUT2D eigenvalue weighted by atomic mass is 10.0. The van der Waals surface area contributed by atoms with Gasteiger partial charge in [0.25, 0.3) is 0 Å². The Kier molecular flexibility index (Phi) is 4.02. The molecule has 2 aromatic heterocycles. The monoisotopic (exact) mass is 455 g/mol. The molecule has 0 aliphatic heterocycles. The van der Waals surface area contributed by atoms with E-state index < -0.39 is 0 Å². The lowest BCUT2D eigenvalue weighted by molar-refractivity contribution is 0.0990. The van der Waals surface area contributed by atoms with Gasteiger partial charge in [-0.05, 0) is 53.2 Å². The number of hydrogen-bond acceptors (Lipinski definition) is 3. The zero-order valence-corrected chi connectivity index (χ0v) is 18.8. The summed E-state index contributed by atoms with van der Waals surface area (Å²) in [4.78, 5) is 27.2. The second kappa shape index (κ2) is 7.11. The second-order valence-corrected chi connectivity index (χ2v) is 9.60. The number of aromatic nitrogens is 1. The number of carbonyl (C=O) groups excluding carboxylic acids is 2. The number of hydrogen-bond donors (Lipinski definition) is 0. The molecule has 3 nitrogen and oxygen atoms in total. The van der Waals surface area contributed by atoms with Gasteiger partial charge >= 0.3 is 0 Å². The summed E-state index contributed by atoms with van der Waals surface area (Å²) in [6.45, 7) is 0. The Bertz CT molecular complexity index is 1740. The maximum Gasteiger partial charge on any atom is 0.197 e. The maximum absolute atomic E-state index is 13.2. The first-order valence-electron chi connectivity index (χ1n) is 11.1. The molecule has 0 saturated carbocycles. The molecule has 0 amide bonds. The molecule has 0 unspecified atom stereocenters. The van der Waals surface area contributed by atoms with Crippen LogP contribution in [0.25, 0.3) is 43.7 Å². The molecule has 34 heavy (non-hydrogen) atoms. The summed E-state index contributed by atoms with van der Waals surface area (Å²) in [7, 11) is 0. The highest BCUT2D eigenvalue weighted by molar-refractivity contribution is 7.15. The van der Waals surface area contributed by atoms with Crippen molar-refractivity contribution in [3.63, 3.8) is 0 Å². The summed E-state index contributed by atoms with van der Waals surface area (Å²) < 4.78 is 2.25. The van der Waals surface area contributed by atoms with E-state index in [1.807, 2.05) is 54.6 Å². The van der Waals surface area contributed by atoms with E-state index in [1.54, 1.807) is 17.4 Å². The van der Waals surface area contributed by atoms with Gasteiger partial charge in [0.15, 0.2) is 11.6 Å². The Labute approximate surface area is 199 Å². The van der Waals surface area contributed by atoms with Gasteiger partial charge in [0.1, 0.15) is 5.00 Å². The van der Waals surface area contributed by atoms with E-state index in [0.29, 0.717) is 11.1 Å². The van der Waals surface area contributed by atoms with Crippen LogP contribution in [-0.2, 0) is 0 Å². The van der Waals surface area contributed by atoms with Crippen molar-refractivity contribution in [3.8, 4) is 5.00 Å². The minimum atomic E-state index is -0.197. The molecule has 0 atom stereocenters. The van der Waals surface area contributed by atoms with E-state index in [-0.39, 0.29) is 17.1 Å². The number of fused-ring (bicyclic) bond motifs is 5. The number of para-hydroxylation sites is 2. The van der Waals surface area contributed by atoms with Crippen LogP contribution in [0.1, 0.15) is 25.6 Å². The molecule has 0 saturated heterocycles. The number of allylic oxidation sites excluding steroid dienone is 1. The fourth-order valence-corrected chi connectivity index (χ4v) is 5.96. The predicted octanol–water partition coefficient (Wildman–Crippen LogP) is 7.46. The zero-order chi connectivity index (χ0) is 22.8. The number of thiophene rings is 1.